The second kappa shape index (κ2) is 4.58. The SMILES string of the molecule is O[C@@H]1[C@@H]2C[C@H]3[C@H](CO[C@@H]13)[C@@H]2COCc1ccccc1. The largest absolute Gasteiger partial charge is 0.390 e. The summed E-state index contributed by atoms with van der Waals surface area (Å²) in [5.74, 6) is 2.10. The molecule has 2 aliphatic carbocycles. The number of rotatable bonds is 4. The van der Waals surface area contributed by atoms with Crippen molar-refractivity contribution in [2.45, 2.75) is 25.2 Å². The average Bonchev–Trinajstić information content (AvgIpc) is 3.04. The second-order valence-electron chi connectivity index (χ2n) is 6.18. The minimum atomic E-state index is -0.255. The summed E-state index contributed by atoms with van der Waals surface area (Å²) in [5.41, 5.74) is 1.21. The molecule has 0 unspecified atom stereocenters. The average molecular weight is 260 g/mol. The Morgan fingerprint density at radius 1 is 1.16 bits per heavy atom. The predicted octanol–water partition coefficient (Wildman–Crippen LogP) is 1.84. The van der Waals surface area contributed by atoms with Crippen molar-refractivity contribution in [3.63, 3.8) is 0 Å². The fourth-order valence-corrected chi connectivity index (χ4v) is 4.39. The molecule has 2 saturated carbocycles. The van der Waals surface area contributed by atoms with E-state index >= 15 is 0 Å². The Morgan fingerprint density at radius 2 is 2.00 bits per heavy atom. The smallest absolute Gasteiger partial charge is 0.0868 e. The van der Waals surface area contributed by atoms with Crippen LogP contribution in [0.2, 0.25) is 0 Å². The second-order valence-corrected chi connectivity index (χ2v) is 6.18. The lowest BCUT2D eigenvalue weighted by Gasteiger charge is -2.30. The third-order valence-corrected chi connectivity index (χ3v) is 5.29. The standard InChI is InChI=1S/C16H20O3/c17-15-11-6-12-14(9-19-16(12)15)13(11)8-18-7-10-4-2-1-3-5-10/h1-5,11-17H,6-9H2/t11-,12+,13-,14+,15-,16-/m1/s1. The van der Waals surface area contributed by atoms with Crippen molar-refractivity contribution in [3.05, 3.63) is 35.9 Å². The number of benzene rings is 1. The van der Waals surface area contributed by atoms with Crippen molar-refractivity contribution in [2.24, 2.45) is 23.7 Å². The van der Waals surface area contributed by atoms with Gasteiger partial charge in [-0.25, -0.2) is 0 Å². The molecule has 2 bridgehead atoms. The van der Waals surface area contributed by atoms with Crippen LogP contribution in [0.25, 0.3) is 0 Å². The fourth-order valence-electron chi connectivity index (χ4n) is 4.39. The molecule has 1 N–H and O–H groups in total. The topological polar surface area (TPSA) is 38.7 Å². The first kappa shape index (κ1) is 11.9. The van der Waals surface area contributed by atoms with Crippen LogP contribution in [0.15, 0.2) is 30.3 Å². The Labute approximate surface area is 113 Å². The third-order valence-electron chi connectivity index (χ3n) is 5.29. The Kier molecular flexibility index (Phi) is 2.87. The van der Waals surface area contributed by atoms with Gasteiger partial charge in [0.25, 0.3) is 0 Å². The summed E-state index contributed by atoms with van der Waals surface area (Å²) in [7, 11) is 0. The summed E-state index contributed by atoms with van der Waals surface area (Å²) in [5, 5.41) is 10.2. The molecule has 0 spiro atoms. The van der Waals surface area contributed by atoms with Crippen LogP contribution in [0.3, 0.4) is 0 Å². The molecule has 102 valence electrons. The van der Waals surface area contributed by atoms with Crippen LogP contribution >= 0.6 is 0 Å². The molecule has 3 heteroatoms. The number of ether oxygens (including phenoxy) is 2. The van der Waals surface area contributed by atoms with Gasteiger partial charge >= 0.3 is 0 Å². The minimum Gasteiger partial charge on any atom is -0.390 e. The van der Waals surface area contributed by atoms with Gasteiger partial charge in [0.05, 0.1) is 32.0 Å². The number of aliphatic hydroxyl groups excluding tert-OH is 1. The maximum Gasteiger partial charge on any atom is 0.0868 e. The van der Waals surface area contributed by atoms with Crippen molar-refractivity contribution >= 4 is 0 Å². The number of hydrogen-bond acceptors (Lipinski definition) is 3. The molecule has 6 atom stereocenters. The van der Waals surface area contributed by atoms with Crippen LogP contribution < -0.4 is 0 Å². The van der Waals surface area contributed by atoms with Crippen molar-refractivity contribution in [1.82, 2.24) is 0 Å². The maximum atomic E-state index is 10.2. The molecule has 0 amide bonds. The summed E-state index contributed by atoms with van der Waals surface area (Å²) in [4.78, 5) is 0. The van der Waals surface area contributed by atoms with E-state index in [-0.39, 0.29) is 12.2 Å². The van der Waals surface area contributed by atoms with Gasteiger partial charge in [-0.2, -0.15) is 0 Å². The number of aliphatic hydroxyl groups is 1. The highest BCUT2D eigenvalue weighted by Gasteiger charge is 2.61. The lowest BCUT2D eigenvalue weighted by atomic mass is 9.79. The van der Waals surface area contributed by atoms with Gasteiger partial charge in [-0.3, -0.25) is 0 Å². The molecule has 1 saturated heterocycles. The van der Waals surface area contributed by atoms with Gasteiger partial charge in [0.2, 0.25) is 0 Å². The highest BCUT2D eigenvalue weighted by molar-refractivity contribution is 5.13. The normalized spacial score (nSPS) is 43.0. The molecule has 1 heterocycles. The van der Waals surface area contributed by atoms with Crippen LogP contribution in [0.1, 0.15) is 12.0 Å². The van der Waals surface area contributed by atoms with E-state index in [1.807, 2.05) is 18.2 Å². The molecule has 3 nitrogen and oxygen atoms in total. The highest BCUT2D eigenvalue weighted by Crippen LogP contribution is 2.57. The Morgan fingerprint density at radius 3 is 2.84 bits per heavy atom. The molecule has 4 rings (SSSR count). The van der Waals surface area contributed by atoms with Crippen LogP contribution in [0.4, 0.5) is 0 Å². The van der Waals surface area contributed by atoms with E-state index in [9.17, 15) is 5.11 Å². The summed E-state index contributed by atoms with van der Waals surface area (Å²) in [6.07, 6.45) is 1.00. The van der Waals surface area contributed by atoms with Gasteiger partial charge in [0.15, 0.2) is 0 Å². The van der Waals surface area contributed by atoms with Gasteiger partial charge in [0, 0.05) is 0 Å². The first-order chi connectivity index (χ1) is 9.34. The van der Waals surface area contributed by atoms with Gasteiger partial charge in [0.1, 0.15) is 0 Å². The summed E-state index contributed by atoms with van der Waals surface area (Å²) in [6.45, 7) is 2.25. The zero-order valence-corrected chi connectivity index (χ0v) is 10.9. The van der Waals surface area contributed by atoms with Crippen molar-refractivity contribution in [2.75, 3.05) is 13.2 Å². The van der Waals surface area contributed by atoms with E-state index in [1.54, 1.807) is 0 Å². The molecule has 0 radical (unpaired) electrons. The van der Waals surface area contributed by atoms with Gasteiger partial charge in [-0.1, -0.05) is 30.3 Å². The molecule has 1 aromatic carbocycles. The molecule has 0 aromatic heterocycles. The Hall–Kier alpha value is -0.900. The minimum absolute atomic E-state index is 0.125. The zero-order valence-electron chi connectivity index (χ0n) is 10.9. The molecular formula is C16H20O3. The molecular weight excluding hydrogens is 240 g/mol. The van der Waals surface area contributed by atoms with E-state index in [0.29, 0.717) is 30.3 Å². The molecule has 1 aliphatic heterocycles. The molecule has 3 fully saturated rings. The van der Waals surface area contributed by atoms with Crippen molar-refractivity contribution in [1.29, 1.82) is 0 Å². The van der Waals surface area contributed by atoms with E-state index < -0.39 is 0 Å². The summed E-state index contributed by atoms with van der Waals surface area (Å²) < 4.78 is 11.6. The molecule has 1 aromatic rings. The van der Waals surface area contributed by atoms with Gasteiger partial charge in [-0.15, -0.1) is 0 Å². The number of fused-ring (bicyclic) bond motifs is 1. The summed E-state index contributed by atoms with van der Waals surface area (Å²) >= 11 is 0. The fraction of sp³-hybridized carbons (Fsp3) is 0.625. The van der Waals surface area contributed by atoms with Crippen LogP contribution in [-0.2, 0) is 16.1 Å². The number of hydrogen-bond donors (Lipinski definition) is 1. The van der Waals surface area contributed by atoms with E-state index in [0.717, 1.165) is 19.6 Å². The van der Waals surface area contributed by atoms with Crippen LogP contribution in [0.5, 0.6) is 0 Å². The van der Waals surface area contributed by atoms with Crippen molar-refractivity contribution in [3.8, 4) is 0 Å². The molecule has 19 heavy (non-hydrogen) atoms. The first-order valence-electron chi connectivity index (χ1n) is 7.26. The predicted molar refractivity (Wildman–Crippen MR) is 70.4 cm³/mol. The van der Waals surface area contributed by atoms with Crippen LogP contribution in [-0.4, -0.2) is 30.5 Å². The zero-order chi connectivity index (χ0) is 12.8. The highest BCUT2D eigenvalue weighted by atomic mass is 16.5. The van der Waals surface area contributed by atoms with Gasteiger partial charge in [-0.05, 0) is 35.7 Å². The molecule has 3 aliphatic rings. The van der Waals surface area contributed by atoms with E-state index in [1.165, 1.54) is 5.56 Å². The lowest BCUT2D eigenvalue weighted by molar-refractivity contribution is -0.0312. The lowest BCUT2D eigenvalue weighted by Crippen LogP contribution is -2.38. The Balaban J connectivity index is 1.37. The quantitative estimate of drug-likeness (QED) is 0.898. The first-order valence-corrected chi connectivity index (χ1v) is 7.26. The summed E-state index contributed by atoms with van der Waals surface area (Å²) in [6, 6.07) is 10.3. The monoisotopic (exact) mass is 260 g/mol. The van der Waals surface area contributed by atoms with Crippen molar-refractivity contribution < 1.29 is 14.6 Å². The maximum absolute atomic E-state index is 10.2. The Bertz CT molecular complexity index is 447. The third kappa shape index (κ3) is 1.83. The van der Waals surface area contributed by atoms with Gasteiger partial charge < -0.3 is 14.6 Å². The van der Waals surface area contributed by atoms with E-state index in [2.05, 4.69) is 12.1 Å². The van der Waals surface area contributed by atoms with Crippen LogP contribution in [0, 0.1) is 23.7 Å². The van der Waals surface area contributed by atoms with E-state index in [4.69, 9.17) is 9.47 Å².